The Balaban J connectivity index is 1.24. The minimum atomic E-state index is -2.22. The van der Waals surface area contributed by atoms with Gasteiger partial charge in [0.1, 0.15) is 23.8 Å². The predicted octanol–water partition coefficient (Wildman–Crippen LogP) is 6.06. The number of aryl methyl sites for hydroxylation is 1. The highest BCUT2D eigenvalue weighted by atomic mass is 35.5. The zero-order valence-electron chi connectivity index (χ0n) is 22.2. The number of fused-ring (bicyclic) bond motifs is 1. The molecular formula is C29H28ClF3N4O4. The maximum atomic E-state index is 14.1. The van der Waals surface area contributed by atoms with E-state index in [0.717, 1.165) is 37.7 Å². The summed E-state index contributed by atoms with van der Waals surface area (Å²) in [5.41, 5.74) is 1.92. The van der Waals surface area contributed by atoms with Gasteiger partial charge in [-0.05, 0) is 56.3 Å². The smallest absolute Gasteiger partial charge is 0.335 e. The first-order valence-electron chi connectivity index (χ1n) is 13.1. The number of ether oxygens (including phenoxy) is 2. The van der Waals surface area contributed by atoms with Crippen molar-refractivity contribution < 1.29 is 32.5 Å². The van der Waals surface area contributed by atoms with E-state index < -0.39 is 24.8 Å². The second-order valence-corrected chi connectivity index (χ2v) is 10.3. The van der Waals surface area contributed by atoms with E-state index in [9.17, 15) is 23.1 Å². The lowest BCUT2D eigenvalue weighted by Gasteiger charge is -2.31. The molecule has 0 spiro atoms. The van der Waals surface area contributed by atoms with Crippen LogP contribution in [0.25, 0.3) is 11.0 Å². The first-order chi connectivity index (χ1) is 19.7. The van der Waals surface area contributed by atoms with Crippen LogP contribution in [-0.4, -0.2) is 56.6 Å². The molecule has 1 aliphatic rings. The van der Waals surface area contributed by atoms with E-state index in [1.165, 1.54) is 12.1 Å². The highest BCUT2D eigenvalue weighted by Gasteiger charge is 2.25. The second kappa shape index (κ2) is 12.4. The van der Waals surface area contributed by atoms with Crippen LogP contribution in [0.5, 0.6) is 11.6 Å². The molecule has 41 heavy (non-hydrogen) atoms. The van der Waals surface area contributed by atoms with Crippen molar-refractivity contribution in [2.24, 2.45) is 7.05 Å². The third-order valence-electron chi connectivity index (χ3n) is 7.17. The van der Waals surface area contributed by atoms with E-state index in [2.05, 4.69) is 14.9 Å². The van der Waals surface area contributed by atoms with Crippen molar-refractivity contribution in [1.82, 2.24) is 19.4 Å². The number of rotatable bonds is 10. The number of hydrogen-bond acceptors (Lipinski definition) is 6. The van der Waals surface area contributed by atoms with Crippen molar-refractivity contribution in [1.29, 1.82) is 0 Å². The van der Waals surface area contributed by atoms with Crippen LogP contribution in [0.4, 0.5) is 13.2 Å². The van der Waals surface area contributed by atoms with Gasteiger partial charge >= 0.3 is 5.97 Å². The van der Waals surface area contributed by atoms with E-state index in [0.29, 0.717) is 34.4 Å². The Morgan fingerprint density at radius 2 is 1.95 bits per heavy atom. The normalized spacial score (nSPS) is 15.2. The van der Waals surface area contributed by atoms with E-state index in [4.69, 9.17) is 21.1 Å². The zero-order chi connectivity index (χ0) is 29.1. The van der Waals surface area contributed by atoms with Gasteiger partial charge in [-0.2, -0.15) is 4.39 Å². The lowest BCUT2D eigenvalue weighted by atomic mass is 9.93. The number of pyridine rings is 1. The topological polar surface area (TPSA) is 89.7 Å². The third-order valence-corrected chi connectivity index (χ3v) is 7.41. The monoisotopic (exact) mass is 588 g/mol. The van der Waals surface area contributed by atoms with Gasteiger partial charge in [0.25, 0.3) is 6.36 Å². The van der Waals surface area contributed by atoms with Crippen LogP contribution in [0.1, 0.15) is 46.2 Å². The van der Waals surface area contributed by atoms with Crippen LogP contribution < -0.4 is 9.47 Å². The van der Waals surface area contributed by atoms with E-state index in [1.807, 2.05) is 12.1 Å². The Morgan fingerprint density at radius 1 is 1.17 bits per heavy atom. The van der Waals surface area contributed by atoms with Crippen molar-refractivity contribution >= 4 is 28.6 Å². The summed E-state index contributed by atoms with van der Waals surface area (Å²) >= 11 is 5.82. The number of nitrogens with zero attached hydrogens (tertiary/aromatic N) is 4. The van der Waals surface area contributed by atoms with Crippen molar-refractivity contribution in [2.75, 3.05) is 19.8 Å². The summed E-state index contributed by atoms with van der Waals surface area (Å²) < 4.78 is 53.0. The van der Waals surface area contributed by atoms with Gasteiger partial charge in [-0.3, -0.25) is 4.90 Å². The first-order valence-corrected chi connectivity index (χ1v) is 13.4. The van der Waals surface area contributed by atoms with Crippen molar-refractivity contribution in [3.8, 4) is 11.6 Å². The molecule has 0 amide bonds. The largest absolute Gasteiger partial charge is 0.478 e. The van der Waals surface area contributed by atoms with E-state index in [1.54, 1.807) is 29.8 Å². The molecule has 1 fully saturated rings. The molecule has 12 heteroatoms. The van der Waals surface area contributed by atoms with Gasteiger partial charge < -0.3 is 19.1 Å². The number of benzene rings is 2. The first kappa shape index (κ1) is 28.7. The fraction of sp³-hybridized carbons (Fsp3) is 0.345. The number of carboxylic acid groups (broad SMARTS) is 1. The molecule has 2 aromatic carbocycles. The second-order valence-electron chi connectivity index (χ2n) is 9.89. The number of alkyl halides is 2. The van der Waals surface area contributed by atoms with E-state index >= 15 is 0 Å². The maximum absolute atomic E-state index is 14.1. The average molecular weight is 589 g/mol. The fourth-order valence-electron chi connectivity index (χ4n) is 4.94. The van der Waals surface area contributed by atoms with Gasteiger partial charge in [-0.1, -0.05) is 23.7 Å². The van der Waals surface area contributed by atoms with Gasteiger partial charge in [0.2, 0.25) is 5.88 Å². The number of aromatic carboxylic acids is 1. The molecule has 3 heterocycles. The molecule has 0 radical (unpaired) electrons. The molecule has 5 rings (SSSR count). The zero-order valence-corrected chi connectivity index (χ0v) is 23.0. The van der Waals surface area contributed by atoms with Crippen LogP contribution >= 0.6 is 11.6 Å². The third kappa shape index (κ3) is 6.57. The molecule has 4 aromatic rings. The average Bonchev–Trinajstić information content (AvgIpc) is 3.28. The molecule has 1 atom stereocenters. The Kier molecular flexibility index (Phi) is 8.65. The number of aromatic nitrogens is 3. The van der Waals surface area contributed by atoms with Crippen LogP contribution in [0.2, 0.25) is 5.02 Å². The molecule has 0 saturated carbocycles. The number of halogens is 4. The Morgan fingerprint density at radius 3 is 2.66 bits per heavy atom. The number of likely N-dealkylation sites (tertiary alicyclic amines) is 1. The Labute approximate surface area is 239 Å². The van der Waals surface area contributed by atoms with Crippen LogP contribution in [0.15, 0.2) is 48.5 Å². The van der Waals surface area contributed by atoms with Crippen molar-refractivity contribution in [3.63, 3.8) is 0 Å². The van der Waals surface area contributed by atoms with Crippen LogP contribution in [0, 0.1) is 5.82 Å². The summed E-state index contributed by atoms with van der Waals surface area (Å²) in [6, 6.07) is 12.6. The predicted molar refractivity (Wildman–Crippen MR) is 146 cm³/mol. The highest BCUT2D eigenvalue weighted by Crippen LogP contribution is 2.32. The standard InChI is InChI=1S/C29H28ClF3N4O4/c1-36-23-11-19(29(38)39)12-24(41-25(33)14-31)28(23)35-26(36)15-37-9-7-17(8-10-37)22-3-2-4-27(34-22)40-16-18-5-6-20(30)13-21(18)32/h2-6,11-13,17,25H,7-10,14-16H2,1H3,(H,38,39)/t25-/m0/s1. The number of carboxylic acids is 1. The number of carbonyl (C=O) groups is 1. The van der Waals surface area contributed by atoms with Gasteiger partial charge in [-0.25, -0.2) is 23.5 Å². The molecular weight excluding hydrogens is 561 g/mol. The molecule has 1 aliphatic heterocycles. The minimum Gasteiger partial charge on any atom is -0.478 e. The Hall–Kier alpha value is -3.83. The highest BCUT2D eigenvalue weighted by molar-refractivity contribution is 6.30. The summed E-state index contributed by atoms with van der Waals surface area (Å²) in [6.07, 6.45) is -0.545. The van der Waals surface area contributed by atoms with Gasteiger partial charge in [0, 0.05) is 35.3 Å². The van der Waals surface area contributed by atoms with Crippen molar-refractivity contribution in [3.05, 3.63) is 82.0 Å². The maximum Gasteiger partial charge on any atom is 0.335 e. The van der Waals surface area contributed by atoms with Crippen LogP contribution in [-0.2, 0) is 20.2 Å². The minimum absolute atomic E-state index is 0.0381. The summed E-state index contributed by atoms with van der Waals surface area (Å²) in [4.78, 5) is 23.0. The number of piperidine rings is 1. The van der Waals surface area contributed by atoms with E-state index in [-0.39, 0.29) is 29.4 Å². The molecule has 0 unspecified atom stereocenters. The molecule has 0 aliphatic carbocycles. The number of imidazole rings is 1. The number of hydrogen-bond donors (Lipinski definition) is 1. The van der Waals surface area contributed by atoms with Crippen molar-refractivity contribution in [2.45, 2.75) is 38.3 Å². The molecule has 2 aromatic heterocycles. The summed E-state index contributed by atoms with van der Waals surface area (Å²) in [5.74, 6) is -0.484. The molecule has 1 saturated heterocycles. The lowest BCUT2D eigenvalue weighted by Crippen LogP contribution is -2.33. The molecule has 1 N–H and O–H groups in total. The lowest BCUT2D eigenvalue weighted by molar-refractivity contribution is 0.0443. The molecule has 216 valence electrons. The molecule has 0 bridgehead atoms. The van der Waals surface area contributed by atoms with Gasteiger partial charge in [0.15, 0.2) is 12.4 Å². The summed E-state index contributed by atoms with van der Waals surface area (Å²) in [5, 5.41) is 9.79. The Bertz CT molecular complexity index is 1560. The fourth-order valence-corrected chi connectivity index (χ4v) is 5.10. The quantitative estimate of drug-likeness (QED) is 0.241. The summed E-state index contributed by atoms with van der Waals surface area (Å²) in [6.45, 7) is 0.670. The van der Waals surface area contributed by atoms with Gasteiger partial charge in [-0.15, -0.1) is 0 Å². The van der Waals surface area contributed by atoms with Gasteiger partial charge in [0.05, 0.1) is 17.6 Å². The van der Waals surface area contributed by atoms with Crippen LogP contribution in [0.3, 0.4) is 0 Å². The summed E-state index contributed by atoms with van der Waals surface area (Å²) in [7, 11) is 1.75. The molecule has 8 nitrogen and oxygen atoms in total. The SMILES string of the molecule is Cn1c(CN2CCC(c3cccc(OCc4ccc(Cl)cc4F)n3)CC2)nc2c(O[C@H](F)CF)cc(C(=O)O)cc21.